The van der Waals surface area contributed by atoms with Gasteiger partial charge in [-0.05, 0) is 24.5 Å². The Morgan fingerprint density at radius 3 is 2.59 bits per heavy atom. The second-order valence-corrected chi connectivity index (χ2v) is 6.90. The average molecular weight is 389 g/mol. The van der Waals surface area contributed by atoms with Gasteiger partial charge in [-0.2, -0.15) is 5.10 Å². The summed E-state index contributed by atoms with van der Waals surface area (Å²) in [5.41, 5.74) is 7.84. The molecule has 0 saturated heterocycles. The van der Waals surface area contributed by atoms with E-state index in [9.17, 15) is 9.59 Å². The van der Waals surface area contributed by atoms with Crippen LogP contribution in [-0.2, 0) is 16.1 Å². The van der Waals surface area contributed by atoms with Crippen LogP contribution < -0.4 is 11.1 Å². The predicted molar refractivity (Wildman–Crippen MR) is 107 cm³/mol. The molecule has 0 aliphatic carbocycles. The molecular weight excluding hydrogens is 364 g/mol. The SMILES string of the molecule is CCC(C)C(NC(=O)C=Cc1c(C)nn(Cc2ccccc2)c1Cl)C(N)=O. The highest BCUT2D eigenvalue weighted by atomic mass is 35.5. The van der Waals surface area contributed by atoms with Crippen molar-refractivity contribution in [1.82, 2.24) is 15.1 Å². The number of hydrogen-bond donors (Lipinski definition) is 2. The van der Waals surface area contributed by atoms with Crippen LogP contribution in [0.5, 0.6) is 0 Å². The van der Waals surface area contributed by atoms with Crippen molar-refractivity contribution in [3.63, 3.8) is 0 Å². The molecule has 7 heteroatoms. The Balaban J connectivity index is 2.12. The van der Waals surface area contributed by atoms with E-state index in [-0.39, 0.29) is 5.92 Å². The molecule has 27 heavy (non-hydrogen) atoms. The third kappa shape index (κ3) is 5.44. The van der Waals surface area contributed by atoms with Gasteiger partial charge in [0.1, 0.15) is 11.2 Å². The maximum Gasteiger partial charge on any atom is 0.244 e. The van der Waals surface area contributed by atoms with E-state index in [1.54, 1.807) is 10.8 Å². The maximum atomic E-state index is 12.2. The molecule has 2 rings (SSSR count). The van der Waals surface area contributed by atoms with Gasteiger partial charge in [-0.3, -0.25) is 9.59 Å². The molecule has 1 aromatic carbocycles. The molecule has 0 bridgehead atoms. The number of primary amides is 1. The van der Waals surface area contributed by atoms with Crippen LogP contribution in [0.3, 0.4) is 0 Å². The molecule has 3 N–H and O–H groups in total. The van der Waals surface area contributed by atoms with Crippen LogP contribution in [0.25, 0.3) is 6.08 Å². The third-order valence-corrected chi connectivity index (χ3v) is 4.90. The highest BCUT2D eigenvalue weighted by Crippen LogP contribution is 2.22. The summed E-state index contributed by atoms with van der Waals surface area (Å²) >= 11 is 6.44. The van der Waals surface area contributed by atoms with E-state index in [1.807, 2.05) is 51.1 Å². The number of nitrogens with zero attached hydrogens (tertiary/aromatic N) is 2. The lowest BCUT2D eigenvalue weighted by Crippen LogP contribution is -2.47. The highest BCUT2D eigenvalue weighted by molar-refractivity contribution is 6.31. The zero-order valence-corrected chi connectivity index (χ0v) is 16.5. The number of nitrogens with one attached hydrogen (secondary N) is 1. The Hall–Kier alpha value is -2.60. The first-order chi connectivity index (χ1) is 12.8. The first kappa shape index (κ1) is 20.7. The zero-order valence-electron chi connectivity index (χ0n) is 15.8. The molecule has 1 aromatic heterocycles. The lowest BCUT2D eigenvalue weighted by Gasteiger charge is -2.20. The number of carbonyl (C=O) groups is 2. The van der Waals surface area contributed by atoms with Crippen LogP contribution in [0, 0.1) is 12.8 Å². The minimum absolute atomic E-state index is 0.0428. The molecule has 0 aliphatic heterocycles. The van der Waals surface area contributed by atoms with Crippen LogP contribution in [-0.4, -0.2) is 27.6 Å². The number of nitrogens with two attached hydrogens (primary N) is 1. The van der Waals surface area contributed by atoms with Gasteiger partial charge in [-0.25, -0.2) is 4.68 Å². The van der Waals surface area contributed by atoms with Gasteiger partial charge in [0.05, 0.1) is 12.2 Å². The Morgan fingerprint density at radius 1 is 1.33 bits per heavy atom. The Labute approximate surface area is 164 Å². The van der Waals surface area contributed by atoms with E-state index in [0.29, 0.717) is 23.0 Å². The van der Waals surface area contributed by atoms with E-state index >= 15 is 0 Å². The molecule has 144 valence electrons. The van der Waals surface area contributed by atoms with Crippen LogP contribution in [0.15, 0.2) is 36.4 Å². The summed E-state index contributed by atoms with van der Waals surface area (Å²) in [7, 11) is 0. The van der Waals surface area contributed by atoms with Crippen molar-refractivity contribution in [2.45, 2.75) is 39.8 Å². The van der Waals surface area contributed by atoms with Gasteiger partial charge < -0.3 is 11.1 Å². The summed E-state index contributed by atoms with van der Waals surface area (Å²) in [6, 6.07) is 9.15. The van der Waals surface area contributed by atoms with Crippen molar-refractivity contribution in [2.75, 3.05) is 0 Å². The summed E-state index contributed by atoms with van der Waals surface area (Å²) in [4.78, 5) is 23.7. The number of aryl methyl sites for hydroxylation is 1. The first-order valence-corrected chi connectivity index (χ1v) is 9.26. The lowest BCUT2D eigenvalue weighted by atomic mass is 9.98. The first-order valence-electron chi connectivity index (χ1n) is 8.88. The fourth-order valence-electron chi connectivity index (χ4n) is 2.71. The molecule has 0 saturated carbocycles. The van der Waals surface area contributed by atoms with Crippen molar-refractivity contribution in [1.29, 1.82) is 0 Å². The van der Waals surface area contributed by atoms with Crippen molar-refractivity contribution < 1.29 is 9.59 Å². The standard InChI is InChI=1S/C20H25ClN4O2/c1-4-13(2)18(20(22)27)23-17(26)11-10-16-14(3)24-25(19(16)21)12-15-8-6-5-7-9-15/h5-11,13,18H,4,12H2,1-3H3,(H2,22,27)(H,23,26). The smallest absolute Gasteiger partial charge is 0.244 e. The van der Waals surface area contributed by atoms with Crippen LogP contribution in [0.4, 0.5) is 0 Å². The van der Waals surface area contributed by atoms with E-state index in [1.165, 1.54) is 6.08 Å². The Morgan fingerprint density at radius 2 is 2.00 bits per heavy atom. The Bertz CT molecular complexity index is 830. The monoisotopic (exact) mass is 388 g/mol. The summed E-state index contributed by atoms with van der Waals surface area (Å²) in [6.07, 6.45) is 3.69. The fourth-order valence-corrected chi connectivity index (χ4v) is 3.00. The van der Waals surface area contributed by atoms with Crippen molar-refractivity contribution in [3.05, 3.63) is 58.4 Å². The highest BCUT2D eigenvalue weighted by Gasteiger charge is 2.22. The van der Waals surface area contributed by atoms with Gasteiger partial charge in [-0.1, -0.05) is 62.2 Å². The fraction of sp³-hybridized carbons (Fsp3) is 0.350. The number of benzene rings is 1. The average Bonchev–Trinajstić information content (AvgIpc) is 2.91. The topological polar surface area (TPSA) is 90.0 Å². The molecule has 2 atom stereocenters. The van der Waals surface area contributed by atoms with Gasteiger partial charge in [0.25, 0.3) is 0 Å². The summed E-state index contributed by atoms with van der Waals surface area (Å²) in [5.74, 6) is -0.986. The molecule has 0 fully saturated rings. The molecule has 1 heterocycles. The zero-order chi connectivity index (χ0) is 20.0. The van der Waals surface area contributed by atoms with Crippen molar-refractivity contribution in [3.8, 4) is 0 Å². The Kier molecular flexibility index (Phi) is 7.19. The van der Waals surface area contributed by atoms with Crippen molar-refractivity contribution in [2.24, 2.45) is 11.7 Å². The van der Waals surface area contributed by atoms with Gasteiger partial charge in [0.2, 0.25) is 11.8 Å². The van der Waals surface area contributed by atoms with E-state index in [0.717, 1.165) is 12.0 Å². The number of carbonyl (C=O) groups excluding carboxylic acids is 2. The summed E-state index contributed by atoms with van der Waals surface area (Å²) in [5, 5.41) is 7.55. The van der Waals surface area contributed by atoms with Crippen LogP contribution in [0.1, 0.15) is 37.1 Å². The maximum absolute atomic E-state index is 12.2. The summed E-state index contributed by atoms with van der Waals surface area (Å²) in [6.45, 7) is 6.18. The van der Waals surface area contributed by atoms with Crippen LogP contribution in [0.2, 0.25) is 5.15 Å². The minimum Gasteiger partial charge on any atom is -0.368 e. The number of amides is 2. The molecular formula is C20H25ClN4O2. The normalized spacial score (nSPS) is 13.5. The van der Waals surface area contributed by atoms with Gasteiger partial charge >= 0.3 is 0 Å². The number of aromatic nitrogens is 2. The summed E-state index contributed by atoms with van der Waals surface area (Å²) < 4.78 is 1.69. The van der Waals surface area contributed by atoms with E-state index in [2.05, 4.69) is 10.4 Å². The molecule has 0 spiro atoms. The third-order valence-electron chi connectivity index (χ3n) is 4.50. The van der Waals surface area contributed by atoms with Gasteiger partial charge in [-0.15, -0.1) is 0 Å². The second-order valence-electron chi connectivity index (χ2n) is 6.54. The van der Waals surface area contributed by atoms with E-state index in [4.69, 9.17) is 17.3 Å². The second kappa shape index (κ2) is 9.37. The van der Waals surface area contributed by atoms with Crippen LogP contribution >= 0.6 is 11.6 Å². The lowest BCUT2D eigenvalue weighted by molar-refractivity contribution is -0.126. The largest absolute Gasteiger partial charge is 0.368 e. The predicted octanol–water partition coefficient (Wildman–Crippen LogP) is 2.92. The quantitative estimate of drug-likeness (QED) is 0.681. The molecule has 0 radical (unpaired) electrons. The van der Waals surface area contributed by atoms with Crippen molar-refractivity contribution >= 4 is 29.5 Å². The molecule has 2 aromatic rings. The molecule has 2 unspecified atom stereocenters. The molecule has 2 amide bonds. The number of rotatable bonds is 8. The van der Waals surface area contributed by atoms with E-state index < -0.39 is 17.9 Å². The van der Waals surface area contributed by atoms with Gasteiger partial charge in [0.15, 0.2) is 0 Å². The molecule has 6 nitrogen and oxygen atoms in total. The van der Waals surface area contributed by atoms with Gasteiger partial charge in [0, 0.05) is 11.6 Å². The minimum atomic E-state index is -0.704. The molecule has 0 aliphatic rings. The number of hydrogen-bond acceptors (Lipinski definition) is 3. The number of halogens is 1.